The van der Waals surface area contributed by atoms with Gasteiger partial charge in [0.25, 0.3) is 5.91 Å². The van der Waals surface area contributed by atoms with E-state index < -0.39 is 11.5 Å². The number of carboxylic acid groups (broad SMARTS) is 1. The van der Waals surface area contributed by atoms with Gasteiger partial charge in [-0.25, -0.2) is 4.79 Å². The average Bonchev–Trinajstić information content (AvgIpc) is 2.44. The molecule has 0 aliphatic heterocycles. The smallest absolute Gasteiger partial charge is 0.329 e. The molecular weight excluding hydrogens is 334 g/mol. The topological polar surface area (TPSA) is 66.4 Å². The van der Waals surface area contributed by atoms with Crippen molar-refractivity contribution < 1.29 is 14.7 Å². The van der Waals surface area contributed by atoms with Crippen LogP contribution in [0.5, 0.6) is 0 Å². The van der Waals surface area contributed by atoms with Crippen LogP contribution in [0.4, 0.5) is 0 Å². The summed E-state index contributed by atoms with van der Waals surface area (Å²) >= 11 is 3.35. The maximum absolute atomic E-state index is 12.5. The molecular formula is C16H20BrNO3. The monoisotopic (exact) mass is 353 g/mol. The summed E-state index contributed by atoms with van der Waals surface area (Å²) in [5, 5.41) is 12.3. The summed E-state index contributed by atoms with van der Waals surface area (Å²) in [6.45, 7) is 4.02. The third-order valence-corrected chi connectivity index (χ3v) is 4.95. The third-order valence-electron chi connectivity index (χ3n) is 4.26. The van der Waals surface area contributed by atoms with Crippen LogP contribution in [-0.2, 0) is 4.79 Å². The fraction of sp³-hybridized carbons (Fsp3) is 0.500. The Morgan fingerprint density at radius 1 is 1.33 bits per heavy atom. The van der Waals surface area contributed by atoms with Crippen molar-refractivity contribution in [3.05, 3.63) is 33.8 Å². The van der Waals surface area contributed by atoms with Gasteiger partial charge in [0.15, 0.2) is 0 Å². The minimum Gasteiger partial charge on any atom is -0.480 e. The lowest BCUT2D eigenvalue weighted by molar-refractivity contribution is -0.146. The lowest BCUT2D eigenvalue weighted by atomic mass is 9.77. The number of benzene rings is 1. The number of hydrogen-bond donors (Lipinski definition) is 2. The van der Waals surface area contributed by atoms with E-state index in [2.05, 4.69) is 28.2 Å². The van der Waals surface area contributed by atoms with Crippen LogP contribution < -0.4 is 5.32 Å². The van der Waals surface area contributed by atoms with E-state index in [1.54, 1.807) is 12.1 Å². The number of aryl methyl sites for hydroxylation is 1. The fourth-order valence-corrected chi connectivity index (χ4v) is 3.17. The second-order valence-electron chi connectivity index (χ2n) is 6.01. The first-order valence-corrected chi connectivity index (χ1v) is 7.95. The standard InChI is InChI=1S/C16H20BrNO3/c1-10-5-7-16(8-6-10,15(20)21)18-14(19)12-9-11(2)3-4-13(12)17/h3-4,9-10H,5-8H2,1-2H3,(H,18,19)(H,20,21). The van der Waals surface area contributed by atoms with Gasteiger partial charge in [0, 0.05) is 4.47 Å². The molecule has 21 heavy (non-hydrogen) atoms. The van der Waals surface area contributed by atoms with Gasteiger partial charge in [-0.05, 0) is 66.6 Å². The molecule has 0 atom stereocenters. The number of amides is 1. The van der Waals surface area contributed by atoms with Crippen LogP contribution in [0.1, 0.15) is 48.5 Å². The number of halogens is 1. The van der Waals surface area contributed by atoms with Crippen molar-refractivity contribution in [3.8, 4) is 0 Å². The zero-order valence-corrected chi connectivity index (χ0v) is 13.9. The maximum atomic E-state index is 12.5. The van der Waals surface area contributed by atoms with E-state index in [1.807, 2.05) is 13.0 Å². The van der Waals surface area contributed by atoms with Crippen molar-refractivity contribution >= 4 is 27.8 Å². The molecule has 2 rings (SSSR count). The zero-order valence-electron chi connectivity index (χ0n) is 12.3. The van der Waals surface area contributed by atoms with E-state index in [0.717, 1.165) is 18.4 Å². The fourth-order valence-electron chi connectivity index (χ4n) is 2.75. The second kappa shape index (κ2) is 6.18. The van der Waals surface area contributed by atoms with Crippen molar-refractivity contribution in [2.45, 2.75) is 45.1 Å². The van der Waals surface area contributed by atoms with Gasteiger partial charge in [-0.15, -0.1) is 0 Å². The van der Waals surface area contributed by atoms with E-state index in [9.17, 15) is 14.7 Å². The first-order valence-electron chi connectivity index (χ1n) is 7.16. The Morgan fingerprint density at radius 3 is 2.52 bits per heavy atom. The highest BCUT2D eigenvalue weighted by Gasteiger charge is 2.42. The van der Waals surface area contributed by atoms with Crippen molar-refractivity contribution in [1.82, 2.24) is 5.32 Å². The van der Waals surface area contributed by atoms with Gasteiger partial charge in [-0.1, -0.05) is 18.6 Å². The highest BCUT2D eigenvalue weighted by Crippen LogP contribution is 2.33. The normalized spacial score (nSPS) is 25.4. The SMILES string of the molecule is Cc1ccc(Br)c(C(=O)NC2(C(=O)O)CCC(C)CC2)c1. The molecule has 0 radical (unpaired) electrons. The van der Waals surface area contributed by atoms with Crippen LogP contribution in [0.15, 0.2) is 22.7 Å². The molecule has 1 aromatic rings. The summed E-state index contributed by atoms with van der Waals surface area (Å²) in [7, 11) is 0. The molecule has 1 aliphatic rings. The quantitative estimate of drug-likeness (QED) is 0.873. The summed E-state index contributed by atoms with van der Waals surface area (Å²) in [6, 6.07) is 5.47. The molecule has 0 saturated heterocycles. The Morgan fingerprint density at radius 2 is 1.95 bits per heavy atom. The molecule has 1 aliphatic carbocycles. The molecule has 0 aromatic heterocycles. The molecule has 1 fully saturated rings. The van der Waals surface area contributed by atoms with E-state index in [4.69, 9.17) is 0 Å². The number of carbonyl (C=O) groups is 2. The molecule has 4 nitrogen and oxygen atoms in total. The predicted molar refractivity (Wildman–Crippen MR) is 84.3 cm³/mol. The van der Waals surface area contributed by atoms with Crippen LogP contribution in [0.2, 0.25) is 0 Å². The van der Waals surface area contributed by atoms with Gasteiger partial charge < -0.3 is 10.4 Å². The molecule has 1 amide bonds. The van der Waals surface area contributed by atoms with Crippen LogP contribution in [0, 0.1) is 12.8 Å². The van der Waals surface area contributed by atoms with Gasteiger partial charge in [0.1, 0.15) is 5.54 Å². The molecule has 0 heterocycles. The summed E-state index contributed by atoms with van der Waals surface area (Å²) in [5.74, 6) is -0.755. The van der Waals surface area contributed by atoms with Crippen LogP contribution >= 0.6 is 15.9 Å². The Hall–Kier alpha value is -1.36. The summed E-state index contributed by atoms with van der Waals surface area (Å²) in [4.78, 5) is 24.1. The first-order chi connectivity index (χ1) is 9.84. The number of carboxylic acids is 1. The van der Waals surface area contributed by atoms with Crippen LogP contribution in [0.3, 0.4) is 0 Å². The highest BCUT2D eigenvalue weighted by molar-refractivity contribution is 9.10. The molecule has 0 unspecified atom stereocenters. The molecule has 1 aromatic carbocycles. The Labute approximate surface area is 133 Å². The van der Waals surface area contributed by atoms with Crippen LogP contribution in [-0.4, -0.2) is 22.5 Å². The van der Waals surface area contributed by atoms with Gasteiger partial charge in [-0.3, -0.25) is 4.79 Å². The first kappa shape index (κ1) is 16.0. The number of aliphatic carboxylic acids is 1. The second-order valence-corrected chi connectivity index (χ2v) is 6.86. The minimum atomic E-state index is -1.13. The Balaban J connectivity index is 2.23. The number of rotatable bonds is 3. The third kappa shape index (κ3) is 3.46. The van der Waals surface area contributed by atoms with Crippen molar-refractivity contribution in [2.75, 3.05) is 0 Å². The van der Waals surface area contributed by atoms with E-state index in [1.165, 1.54) is 0 Å². The molecule has 114 valence electrons. The zero-order chi connectivity index (χ0) is 15.6. The minimum absolute atomic E-state index is 0.331. The van der Waals surface area contributed by atoms with Crippen molar-refractivity contribution in [1.29, 1.82) is 0 Å². The van der Waals surface area contributed by atoms with Gasteiger partial charge in [0.05, 0.1) is 5.56 Å². The summed E-state index contributed by atoms with van der Waals surface area (Å²) in [5.41, 5.74) is 0.312. The number of carbonyl (C=O) groups excluding carboxylic acids is 1. The van der Waals surface area contributed by atoms with E-state index in [0.29, 0.717) is 28.8 Å². The molecule has 5 heteroatoms. The molecule has 0 bridgehead atoms. The van der Waals surface area contributed by atoms with Crippen LogP contribution in [0.25, 0.3) is 0 Å². The van der Waals surface area contributed by atoms with E-state index >= 15 is 0 Å². The maximum Gasteiger partial charge on any atom is 0.329 e. The van der Waals surface area contributed by atoms with Gasteiger partial charge in [-0.2, -0.15) is 0 Å². The molecule has 1 saturated carbocycles. The van der Waals surface area contributed by atoms with Gasteiger partial charge in [0.2, 0.25) is 0 Å². The summed E-state index contributed by atoms with van der Waals surface area (Å²) < 4.78 is 0.676. The number of hydrogen-bond acceptors (Lipinski definition) is 2. The van der Waals surface area contributed by atoms with Gasteiger partial charge >= 0.3 is 5.97 Å². The largest absolute Gasteiger partial charge is 0.480 e. The number of nitrogens with one attached hydrogen (secondary N) is 1. The molecule has 0 spiro atoms. The summed E-state index contributed by atoms with van der Waals surface area (Å²) in [6.07, 6.45) is 2.61. The lowest BCUT2D eigenvalue weighted by Gasteiger charge is -2.36. The predicted octanol–water partition coefficient (Wildman–Crippen LogP) is 3.52. The molecule has 2 N–H and O–H groups in total. The Bertz CT molecular complexity index is 563. The average molecular weight is 354 g/mol. The highest BCUT2D eigenvalue weighted by atomic mass is 79.9. The Kier molecular flexibility index (Phi) is 4.71. The van der Waals surface area contributed by atoms with Crippen molar-refractivity contribution in [3.63, 3.8) is 0 Å². The van der Waals surface area contributed by atoms with Crippen molar-refractivity contribution in [2.24, 2.45) is 5.92 Å². The lowest BCUT2D eigenvalue weighted by Crippen LogP contribution is -2.56. The van der Waals surface area contributed by atoms with E-state index in [-0.39, 0.29) is 5.91 Å².